The third-order valence-corrected chi connectivity index (χ3v) is 8.51. The minimum absolute atomic E-state index is 0.135. The highest BCUT2D eigenvalue weighted by Gasteiger charge is 2.45. The second-order valence-corrected chi connectivity index (χ2v) is 11.2. The second kappa shape index (κ2) is 9.38. The third kappa shape index (κ3) is 4.54. The number of hydrogen-bond acceptors (Lipinski definition) is 5. The normalized spacial score (nSPS) is 18.0. The molecule has 0 radical (unpaired) electrons. The van der Waals surface area contributed by atoms with Crippen molar-refractivity contribution < 1.29 is 22.7 Å². The van der Waals surface area contributed by atoms with E-state index in [0.29, 0.717) is 30.9 Å². The highest BCUT2D eigenvalue weighted by Crippen LogP contribution is 2.42. The van der Waals surface area contributed by atoms with Crippen LogP contribution in [0.15, 0.2) is 47.4 Å². The van der Waals surface area contributed by atoms with E-state index < -0.39 is 15.4 Å². The van der Waals surface area contributed by atoms with Gasteiger partial charge in [0.25, 0.3) is 0 Å². The fraction of sp³-hybridized carbons (Fsp3) is 0.440. The molecule has 2 aromatic carbocycles. The highest BCUT2D eigenvalue weighted by atomic mass is 32.2. The van der Waals surface area contributed by atoms with Gasteiger partial charge < -0.3 is 15.0 Å². The Labute approximate surface area is 200 Å². The van der Waals surface area contributed by atoms with E-state index in [-0.39, 0.29) is 23.3 Å². The van der Waals surface area contributed by atoms with Gasteiger partial charge in [-0.05, 0) is 68.1 Å². The Hall–Kier alpha value is -2.91. The lowest BCUT2D eigenvalue weighted by molar-refractivity contribution is -0.125. The lowest BCUT2D eigenvalue weighted by atomic mass is 9.86. The summed E-state index contributed by atoms with van der Waals surface area (Å²) in [7, 11) is -2.03. The van der Waals surface area contributed by atoms with E-state index in [1.165, 1.54) is 9.21 Å². The van der Waals surface area contributed by atoms with Crippen molar-refractivity contribution in [1.82, 2.24) is 9.62 Å². The highest BCUT2D eigenvalue weighted by molar-refractivity contribution is 7.89. The van der Waals surface area contributed by atoms with Crippen LogP contribution in [0.2, 0.25) is 0 Å². The first-order valence-electron chi connectivity index (χ1n) is 11.5. The van der Waals surface area contributed by atoms with Crippen molar-refractivity contribution in [1.29, 1.82) is 0 Å². The molecule has 0 bridgehead atoms. The molecule has 0 saturated carbocycles. The van der Waals surface area contributed by atoms with Crippen LogP contribution in [0.5, 0.6) is 5.75 Å². The maximum atomic E-state index is 13.2. The molecule has 0 spiro atoms. The van der Waals surface area contributed by atoms with Crippen LogP contribution in [0.4, 0.5) is 5.69 Å². The lowest BCUT2D eigenvalue weighted by Crippen LogP contribution is -2.42. The lowest BCUT2D eigenvalue weighted by Gasteiger charge is -2.26. The van der Waals surface area contributed by atoms with Gasteiger partial charge in [-0.15, -0.1) is 0 Å². The summed E-state index contributed by atoms with van der Waals surface area (Å²) in [5, 5.41) is 2.84. The molecule has 1 N–H and O–H groups in total. The number of carbonyl (C=O) groups excluding carboxylic acids is 2. The Morgan fingerprint density at radius 2 is 1.74 bits per heavy atom. The molecule has 1 saturated heterocycles. The third-order valence-electron chi connectivity index (χ3n) is 6.62. The number of anilines is 1. The average molecular weight is 486 g/mol. The molecule has 2 aromatic rings. The number of benzene rings is 2. The van der Waals surface area contributed by atoms with Crippen molar-refractivity contribution in [2.45, 2.75) is 50.0 Å². The fourth-order valence-corrected chi connectivity index (χ4v) is 6.07. The van der Waals surface area contributed by atoms with E-state index in [2.05, 4.69) is 5.32 Å². The summed E-state index contributed by atoms with van der Waals surface area (Å²) < 4.78 is 33.0. The molecule has 2 aliphatic heterocycles. The summed E-state index contributed by atoms with van der Waals surface area (Å²) in [6, 6.07) is 12.2. The molecule has 0 atom stereocenters. The molecule has 0 aromatic heterocycles. The van der Waals surface area contributed by atoms with E-state index >= 15 is 0 Å². The number of ether oxygens (including phenoxy) is 1. The maximum absolute atomic E-state index is 13.2. The molecular formula is C25H31N3O5S. The van der Waals surface area contributed by atoms with E-state index in [1.54, 1.807) is 39.2 Å². The van der Waals surface area contributed by atoms with Gasteiger partial charge in [0.1, 0.15) is 12.3 Å². The zero-order chi connectivity index (χ0) is 24.5. The van der Waals surface area contributed by atoms with Crippen LogP contribution >= 0.6 is 0 Å². The predicted molar refractivity (Wildman–Crippen MR) is 129 cm³/mol. The Kier molecular flexibility index (Phi) is 6.69. The standard InChI is InChI=1S/C25H31N3O5S/c1-25(2)21-15-20(34(31,32)27-13-5-4-6-14-27)11-12-22(21)28(24(25)30)17-23(29)26-16-18-7-9-19(33-3)10-8-18/h7-12,15H,4-6,13-14,16-17H2,1-3H3,(H,26,29). The first-order valence-corrected chi connectivity index (χ1v) is 12.9. The number of piperidine rings is 1. The summed E-state index contributed by atoms with van der Waals surface area (Å²) in [6.45, 7) is 4.75. The van der Waals surface area contributed by atoms with Crippen molar-refractivity contribution in [3.05, 3.63) is 53.6 Å². The molecule has 182 valence electrons. The minimum atomic E-state index is -3.62. The molecular weight excluding hydrogens is 454 g/mol. The SMILES string of the molecule is COc1ccc(CNC(=O)CN2C(=O)C(C)(C)c3cc(S(=O)(=O)N4CCCCC4)ccc32)cc1. The second-order valence-electron chi connectivity index (χ2n) is 9.28. The zero-order valence-electron chi connectivity index (χ0n) is 19.8. The Morgan fingerprint density at radius 3 is 2.38 bits per heavy atom. The van der Waals surface area contributed by atoms with Gasteiger partial charge in [-0.3, -0.25) is 9.59 Å². The van der Waals surface area contributed by atoms with Crippen molar-refractivity contribution >= 4 is 27.5 Å². The smallest absolute Gasteiger partial charge is 0.243 e. The van der Waals surface area contributed by atoms with E-state index in [0.717, 1.165) is 30.6 Å². The van der Waals surface area contributed by atoms with Crippen molar-refractivity contribution in [2.24, 2.45) is 0 Å². The number of hydrogen-bond donors (Lipinski definition) is 1. The average Bonchev–Trinajstić information content (AvgIpc) is 3.03. The number of fused-ring (bicyclic) bond motifs is 1. The molecule has 9 heteroatoms. The van der Waals surface area contributed by atoms with Gasteiger partial charge in [-0.1, -0.05) is 18.6 Å². The van der Waals surface area contributed by atoms with E-state index in [4.69, 9.17) is 4.74 Å². The van der Waals surface area contributed by atoms with Gasteiger partial charge in [0.05, 0.1) is 17.4 Å². The van der Waals surface area contributed by atoms with Crippen LogP contribution in [0.1, 0.15) is 44.2 Å². The van der Waals surface area contributed by atoms with Gasteiger partial charge >= 0.3 is 0 Å². The first-order chi connectivity index (χ1) is 16.1. The van der Waals surface area contributed by atoms with Crippen LogP contribution in [0.3, 0.4) is 0 Å². The molecule has 2 aliphatic rings. The Balaban J connectivity index is 1.51. The van der Waals surface area contributed by atoms with E-state index in [1.807, 2.05) is 24.3 Å². The largest absolute Gasteiger partial charge is 0.497 e. The zero-order valence-corrected chi connectivity index (χ0v) is 20.7. The van der Waals surface area contributed by atoms with Crippen molar-refractivity contribution in [2.75, 3.05) is 31.6 Å². The molecule has 0 unspecified atom stereocenters. The van der Waals surface area contributed by atoms with Crippen LogP contribution in [-0.2, 0) is 31.6 Å². The fourth-order valence-electron chi connectivity index (χ4n) is 4.53. The Morgan fingerprint density at radius 1 is 1.06 bits per heavy atom. The number of sulfonamides is 1. The monoisotopic (exact) mass is 485 g/mol. The summed E-state index contributed by atoms with van der Waals surface area (Å²) in [4.78, 5) is 27.5. The topological polar surface area (TPSA) is 96.0 Å². The molecule has 4 rings (SSSR count). The van der Waals surface area contributed by atoms with Crippen LogP contribution in [-0.4, -0.2) is 51.3 Å². The van der Waals surface area contributed by atoms with Crippen LogP contribution < -0.4 is 15.0 Å². The molecule has 8 nitrogen and oxygen atoms in total. The van der Waals surface area contributed by atoms with Gasteiger partial charge in [-0.25, -0.2) is 8.42 Å². The molecule has 0 aliphatic carbocycles. The number of rotatable bonds is 7. The van der Waals surface area contributed by atoms with Crippen molar-refractivity contribution in [3.63, 3.8) is 0 Å². The summed E-state index contributed by atoms with van der Waals surface area (Å²) in [5.41, 5.74) is 1.18. The van der Waals surface area contributed by atoms with Gasteiger partial charge in [-0.2, -0.15) is 4.31 Å². The number of methoxy groups -OCH3 is 1. The van der Waals surface area contributed by atoms with E-state index in [9.17, 15) is 18.0 Å². The van der Waals surface area contributed by atoms with Gasteiger partial charge in [0.2, 0.25) is 21.8 Å². The molecule has 34 heavy (non-hydrogen) atoms. The van der Waals surface area contributed by atoms with Crippen molar-refractivity contribution in [3.8, 4) is 5.75 Å². The van der Waals surface area contributed by atoms with Crippen LogP contribution in [0.25, 0.3) is 0 Å². The summed E-state index contributed by atoms with van der Waals surface area (Å²) in [5.74, 6) is 0.214. The Bertz CT molecular complexity index is 1190. The van der Waals surface area contributed by atoms with Gasteiger partial charge in [0, 0.05) is 25.3 Å². The molecule has 2 amide bonds. The number of carbonyl (C=O) groups is 2. The number of nitrogens with one attached hydrogen (secondary N) is 1. The van der Waals surface area contributed by atoms with Gasteiger partial charge in [0.15, 0.2) is 0 Å². The molecule has 1 fully saturated rings. The first kappa shape index (κ1) is 24.2. The van der Waals surface area contributed by atoms with Crippen LogP contribution in [0, 0.1) is 0 Å². The molecule has 2 heterocycles. The predicted octanol–water partition coefficient (Wildman–Crippen LogP) is 2.81. The number of nitrogens with zero attached hydrogens (tertiary/aromatic N) is 2. The maximum Gasteiger partial charge on any atom is 0.243 e. The number of amides is 2. The summed E-state index contributed by atoms with van der Waals surface area (Å²) >= 11 is 0. The minimum Gasteiger partial charge on any atom is -0.497 e. The quantitative estimate of drug-likeness (QED) is 0.651. The summed E-state index contributed by atoms with van der Waals surface area (Å²) in [6.07, 6.45) is 2.74.